The number of nitrogens with two attached hydrogens (primary N) is 1. The fourth-order valence-electron chi connectivity index (χ4n) is 1.75. The van der Waals surface area contributed by atoms with Crippen molar-refractivity contribution in [2.75, 3.05) is 24.5 Å². The highest BCUT2D eigenvalue weighted by atomic mass is 19.1. The van der Waals surface area contributed by atoms with Gasteiger partial charge in [0.1, 0.15) is 5.82 Å². The molecular weight excluding hydrogens is 203 g/mol. The van der Waals surface area contributed by atoms with Crippen LogP contribution in [-0.4, -0.2) is 19.6 Å². The van der Waals surface area contributed by atoms with E-state index < -0.39 is 0 Å². The molecular formula is C13H21FN2. The van der Waals surface area contributed by atoms with Gasteiger partial charge in [-0.1, -0.05) is 13.3 Å². The first kappa shape index (κ1) is 13.0. The normalized spacial score (nSPS) is 12.5. The van der Waals surface area contributed by atoms with E-state index in [0.29, 0.717) is 12.5 Å². The Labute approximate surface area is 97.3 Å². The summed E-state index contributed by atoms with van der Waals surface area (Å²) >= 11 is 0. The average Bonchev–Trinajstić information content (AvgIpc) is 2.32. The standard InChI is InChI=1S/C13H21FN2/c1-3-11(9-15)10-16(4-2)13-7-5-12(14)6-8-13/h5-8,11H,3-4,9-10,15H2,1-2H3. The number of nitrogens with zero attached hydrogens (tertiary/aromatic N) is 1. The van der Waals surface area contributed by atoms with Crippen LogP contribution in [0, 0.1) is 11.7 Å². The fourth-order valence-corrected chi connectivity index (χ4v) is 1.75. The molecule has 1 aromatic rings. The second-order valence-corrected chi connectivity index (χ2v) is 4.03. The Hall–Kier alpha value is -1.09. The molecule has 1 atom stereocenters. The van der Waals surface area contributed by atoms with Crippen LogP contribution < -0.4 is 10.6 Å². The molecule has 2 N–H and O–H groups in total. The molecule has 0 spiro atoms. The van der Waals surface area contributed by atoms with Gasteiger partial charge in [-0.25, -0.2) is 4.39 Å². The van der Waals surface area contributed by atoms with Gasteiger partial charge in [-0.3, -0.25) is 0 Å². The Bertz CT molecular complexity index is 293. The third kappa shape index (κ3) is 3.49. The van der Waals surface area contributed by atoms with Gasteiger partial charge in [-0.2, -0.15) is 0 Å². The van der Waals surface area contributed by atoms with E-state index >= 15 is 0 Å². The molecule has 0 heterocycles. The predicted octanol–water partition coefficient (Wildman–Crippen LogP) is 2.64. The lowest BCUT2D eigenvalue weighted by atomic mass is 10.1. The van der Waals surface area contributed by atoms with Crippen LogP contribution in [0.15, 0.2) is 24.3 Å². The quantitative estimate of drug-likeness (QED) is 0.805. The zero-order valence-electron chi connectivity index (χ0n) is 10.1. The van der Waals surface area contributed by atoms with E-state index in [4.69, 9.17) is 5.73 Å². The summed E-state index contributed by atoms with van der Waals surface area (Å²) in [4.78, 5) is 2.24. The van der Waals surface area contributed by atoms with Crippen molar-refractivity contribution < 1.29 is 4.39 Å². The summed E-state index contributed by atoms with van der Waals surface area (Å²) in [5, 5.41) is 0. The van der Waals surface area contributed by atoms with Crippen molar-refractivity contribution in [1.29, 1.82) is 0 Å². The zero-order chi connectivity index (χ0) is 12.0. The Kier molecular flexibility index (Phi) is 5.26. The van der Waals surface area contributed by atoms with Gasteiger partial charge in [-0.05, 0) is 43.7 Å². The highest BCUT2D eigenvalue weighted by Crippen LogP contribution is 2.16. The minimum absolute atomic E-state index is 0.189. The van der Waals surface area contributed by atoms with Crippen LogP contribution in [-0.2, 0) is 0 Å². The van der Waals surface area contributed by atoms with Gasteiger partial charge >= 0.3 is 0 Å². The molecule has 0 aliphatic heterocycles. The third-order valence-electron chi connectivity index (χ3n) is 2.96. The molecule has 0 saturated heterocycles. The van der Waals surface area contributed by atoms with E-state index in [-0.39, 0.29) is 5.82 Å². The number of anilines is 1. The molecule has 0 fully saturated rings. The van der Waals surface area contributed by atoms with E-state index in [1.807, 2.05) is 12.1 Å². The predicted molar refractivity (Wildman–Crippen MR) is 67.1 cm³/mol. The Morgan fingerprint density at radius 3 is 2.31 bits per heavy atom. The summed E-state index contributed by atoms with van der Waals surface area (Å²) in [6.07, 6.45) is 1.08. The summed E-state index contributed by atoms with van der Waals surface area (Å²) < 4.78 is 12.8. The lowest BCUT2D eigenvalue weighted by Crippen LogP contribution is -2.32. The number of hydrogen-bond donors (Lipinski definition) is 1. The monoisotopic (exact) mass is 224 g/mol. The first-order valence-electron chi connectivity index (χ1n) is 5.91. The Morgan fingerprint density at radius 2 is 1.88 bits per heavy atom. The van der Waals surface area contributed by atoms with E-state index in [1.165, 1.54) is 12.1 Å². The summed E-state index contributed by atoms with van der Waals surface area (Å²) in [7, 11) is 0. The van der Waals surface area contributed by atoms with Crippen LogP contribution in [0.5, 0.6) is 0 Å². The largest absolute Gasteiger partial charge is 0.371 e. The van der Waals surface area contributed by atoms with E-state index in [0.717, 1.165) is 25.2 Å². The molecule has 90 valence electrons. The van der Waals surface area contributed by atoms with Gasteiger partial charge in [0.05, 0.1) is 0 Å². The van der Waals surface area contributed by atoms with Gasteiger partial charge in [0.25, 0.3) is 0 Å². The molecule has 16 heavy (non-hydrogen) atoms. The van der Waals surface area contributed by atoms with E-state index in [2.05, 4.69) is 18.7 Å². The molecule has 0 saturated carbocycles. The number of rotatable bonds is 6. The maximum atomic E-state index is 12.8. The minimum Gasteiger partial charge on any atom is -0.371 e. The second-order valence-electron chi connectivity index (χ2n) is 4.03. The van der Waals surface area contributed by atoms with Crippen LogP contribution in [0.3, 0.4) is 0 Å². The smallest absolute Gasteiger partial charge is 0.123 e. The lowest BCUT2D eigenvalue weighted by molar-refractivity contribution is 0.511. The van der Waals surface area contributed by atoms with Gasteiger partial charge in [0, 0.05) is 18.8 Å². The molecule has 1 unspecified atom stereocenters. The molecule has 0 aromatic heterocycles. The first-order chi connectivity index (χ1) is 7.71. The van der Waals surface area contributed by atoms with Crippen LogP contribution in [0.1, 0.15) is 20.3 Å². The van der Waals surface area contributed by atoms with E-state index in [9.17, 15) is 4.39 Å². The van der Waals surface area contributed by atoms with Crippen molar-refractivity contribution in [3.8, 4) is 0 Å². The van der Waals surface area contributed by atoms with Crippen molar-refractivity contribution >= 4 is 5.69 Å². The number of halogens is 1. The third-order valence-corrected chi connectivity index (χ3v) is 2.96. The van der Waals surface area contributed by atoms with Gasteiger partial charge in [0.2, 0.25) is 0 Å². The lowest BCUT2D eigenvalue weighted by Gasteiger charge is -2.27. The Morgan fingerprint density at radius 1 is 1.25 bits per heavy atom. The second kappa shape index (κ2) is 6.48. The first-order valence-corrected chi connectivity index (χ1v) is 5.91. The summed E-state index contributed by atoms with van der Waals surface area (Å²) in [6.45, 7) is 6.81. The van der Waals surface area contributed by atoms with Crippen molar-refractivity contribution in [1.82, 2.24) is 0 Å². The summed E-state index contributed by atoms with van der Waals surface area (Å²) in [5.41, 5.74) is 6.77. The van der Waals surface area contributed by atoms with Crippen molar-refractivity contribution in [2.24, 2.45) is 11.7 Å². The SMILES string of the molecule is CCC(CN)CN(CC)c1ccc(F)cc1. The number of benzene rings is 1. The number of hydrogen-bond acceptors (Lipinski definition) is 2. The Balaban J connectivity index is 2.70. The fraction of sp³-hybridized carbons (Fsp3) is 0.538. The highest BCUT2D eigenvalue weighted by Gasteiger charge is 2.10. The van der Waals surface area contributed by atoms with Gasteiger partial charge < -0.3 is 10.6 Å². The molecule has 0 bridgehead atoms. The molecule has 0 amide bonds. The molecule has 0 radical (unpaired) electrons. The summed E-state index contributed by atoms with van der Waals surface area (Å²) in [5.74, 6) is 0.315. The van der Waals surface area contributed by atoms with Crippen molar-refractivity contribution in [3.63, 3.8) is 0 Å². The average molecular weight is 224 g/mol. The minimum atomic E-state index is -0.189. The molecule has 3 heteroatoms. The maximum absolute atomic E-state index is 12.8. The molecule has 2 nitrogen and oxygen atoms in total. The molecule has 0 aliphatic rings. The summed E-state index contributed by atoms with van der Waals surface area (Å²) in [6, 6.07) is 6.65. The topological polar surface area (TPSA) is 29.3 Å². The van der Waals surface area contributed by atoms with E-state index in [1.54, 1.807) is 0 Å². The molecule has 0 aliphatic carbocycles. The zero-order valence-corrected chi connectivity index (χ0v) is 10.1. The maximum Gasteiger partial charge on any atom is 0.123 e. The van der Waals surface area contributed by atoms with Crippen LogP contribution in [0.25, 0.3) is 0 Å². The highest BCUT2D eigenvalue weighted by molar-refractivity contribution is 5.46. The van der Waals surface area contributed by atoms with Gasteiger partial charge in [-0.15, -0.1) is 0 Å². The van der Waals surface area contributed by atoms with Crippen LogP contribution >= 0.6 is 0 Å². The van der Waals surface area contributed by atoms with Crippen molar-refractivity contribution in [3.05, 3.63) is 30.1 Å². The van der Waals surface area contributed by atoms with Crippen LogP contribution in [0.4, 0.5) is 10.1 Å². The van der Waals surface area contributed by atoms with Crippen molar-refractivity contribution in [2.45, 2.75) is 20.3 Å². The molecule has 1 rings (SSSR count). The molecule has 1 aromatic carbocycles. The van der Waals surface area contributed by atoms with Crippen LogP contribution in [0.2, 0.25) is 0 Å². The van der Waals surface area contributed by atoms with Gasteiger partial charge in [0.15, 0.2) is 0 Å².